The summed E-state index contributed by atoms with van der Waals surface area (Å²) in [5.74, 6) is -0.445. The van der Waals surface area contributed by atoms with Crippen LogP contribution in [0.1, 0.15) is 38.3 Å². The predicted octanol–water partition coefficient (Wildman–Crippen LogP) is 3.31. The zero-order chi connectivity index (χ0) is 26.8. The van der Waals surface area contributed by atoms with Gasteiger partial charge < -0.3 is 19.1 Å². The highest BCUT2D eigenvalue weighted by molar-refractivity contribution is 7.52. The normalized spacial score (nSPS) is 26.1. The lowest BCUT2D eigenvalue weighted by atomic mass is 9.93. The Kier molecular flexibility index (Phi) is 7.96. The van der Waals surface area contributed by atoms with Crippen LogP contribution in [0.25, 0.3) is 5.52 Å². The number of aryl methyl sites for hydroxylation is 1. The number of nitrogens with one attached hydrogen (secondary N) is 1. The van der Waals surface area contributed by atoms with Gasteiger partial charge in [0.25, 0.3) is 0 Å². The van der Waals surface area contributed by atoms with E-state index >= 15 is 4.39 Å². The van der Waals surface area contributed by atoms with Crippen LogP contribution in [0.15, 0.2) is 48.8 Å². The van der Waals surface area contributed by atoms with E-state index in [1.54, 1.807) is 56.3 Å². The number of halogens is 1. The van der Waals surface area contributed by atoms with E-state index in [1.165, 1.54) is 24.7 Å². The van der Waals surface area contributed by atoms with Crippen molar-refractivity contribution in [1.29, 1.82) is 0 Å². The number of aliphatic hydroxyl groups is 1. The largest absolute Gasteiger partial charge is 0.465 e. The summed E-state index contributed by atoms with van der Waals surface area (Å²) >= 11 is 0. The van der Waals surface area contributed by atoms with Crippen molar-refractivity contribution in [2.75, 3.05) is 13.2 Å². The third kappa shape index (κ3) is 5.68. The maximum absolute atomic E-state index is 15.8. The molecule has 1 unspecified atom stereocenters. The zero-order valence-electron chi connectivity index (χ0n) is 20.9. The second-order valence-corrected chi connectivity index (χ2v) is 10.5. The number of ether oxygens (including phenoxy) is 2. The SMILES string of the molecule is CCOC(=O)[C@H](C)NP(=O)(OC[C@H]1O[C@@H](c2ccc3c(C)ncnn23)[C@](C)(F)[C@@H]1O)Oc1ccccc1. The fourth-order valence-electron chi connectivity index (χ4n) is 4.10. The summed E-state index contributed by atoms with van der Waals surface area (Å²) in [6.07, 6.45) is -2.69. The summed E-state index contributed by atoms with van der Waals surface area (Å²) in [5, 5.41) is 17.5. The van der Waals surface area contributed by atoms with Crippen molar-refractivity contribution in [2.24, 2.45) is 0 Å². The monoisotopic (exact) mass is 536 g/mol. The highest BCUT2D eigenvalue weighted by Crippen LogP contribution is 2.48. The summed E-state index contributed by atoms with van der Waals surface area (Å²) in [5.41, 5.74) is -0.480. The van der Waals surface area contributed by atoms with Crippen molar-refractivity contribution >= 4 is 19.2 Å². The van der Waals surface area contributed by atoms with Crippen LogP contribution >= 0.6 is 7.75 Å². The molecule has 0 bridgehead atoms. The molecule has 6 atom stereocenters. The molecule has 0 radical (unpaired) electrons. The highest BCUT2D eigenvalue weighted by Gasteiger charge is 2.56. The van der Waals surface area contributed by atoms with Crippen LogP contribution in [0.2, 0.25) is 0 Å². The van der Waals surface area contributed by atoms with Crippen LogP contribution < -0.4 is 9.61 Å². The number of carbonyl (C=O) groups is 1. The number of hydrogen-bond donors (Lipinski definition) is 2. The van der Waals surface area contributed by atoms with Gasteiger partial charge in [-0.05, 0) is 52.0 Å². The molecule has 13 heteroatoms. The lowest BCUT2D eigenvalue weighted by molar-refractivity contribution is -0.144. The van der Waals surface area contributed by atoms with Crippen molar-refractivity contribution in [3.63, 3.8) is 0 Å². The minimum atomic E-state index is -4.21. The highest BCUT2D eigenvalue weighted by atomic mass is 31.2. The molecule has 37 heavy (non-hydrogen) atoms. The average Bonchev–Trinajstić information content (AvgIpc) is 3.38. The Morgan fingerprint density at radius 3 is 2.76 bits per heavy atom. The van der Waals surface area contributed by atoms with Gasteiger partial charge in [0.2, 0.25) is 0 Å². The summed E-state index contributed by atoms with van der Waals surface area (Å²) in [6.45, 7) is 5.74. The molecule has 11 nitrogen and oxygen atoms in total. The fourth-order valence-corrected chi connectivity index (χ4v) is 5.61. The molecule has 0 aliphatic carbocycles. The van der Waals surface area contributed by atoms with E-state index in [2.05, 4.69) is 15.2 Å². The number of fused-ring (bicyclic) bond motifs is 1. The molecule has 1 saturated heterocycles. The van der Waals surface area contributed by atoms with Crippen molar-refractivity contribution in [3.8, 4) is 5.75 Å². The van der Waals surface area contributed by atoms with Crippen LogP contribution in [-0.2, 0) is 23.4 Å². The number of benzene rings is 1. The van der Waals surface area contributed by atoms with Crippen LogP contribution in [0.3, 0.4) is 0 Å². The fraction of sp³-hybridized carbons (Fsp3) is 0.458. The molecule has 0 amide bonds. The Bertz CT molecular complexity index is 1290. The molecule has 2 aromatic heterocycles. The Balaban J connectivity index is 1.54. The Labute approximate surface area is 213 Å². The number of hydrogen-bond acceptors (Lipinski definition) is 9. The van der Waals surface area contributed by atoms with Gasteiger partial charge in [-0.3, -0.25) is 9.32 Å². The molecule has 4 rings (SSSR count). The smallest absolute Gasteiger partial charge is 0.459 e. The summed E-state index contributed by atoms with van der Waals surface area (Å²) in [4.78, 5) is 16.3. The molecule has 0 saturated carbocycles. The number of para-hydroxylation sites is 1. The van der Waals surface area contributed by atoms with Gasteiger partial charge in [-0.25, -0.2) is 18.5 Å². The second kappa shape index (κ2) is 10.8. The van der Waals surface area contributed by atoms with Crippen molar-refractivity contribution < 1.29 is 37.4 Å². The molecule has 1 aliphatic rings. The first kappa shape index (κ1) is 27.2. The maximum atomic E-state index is 15.8. The standard InChI is InChI=1S/C24H30FN4O7P/c1-5-33-23(31)16(3)28-37(32,36-17-9-7-6-8-10-17)34-13-20-21(30)24(4,25)22(35-20)19-12-11-18-15(2)26-14-27-29(18)19/h6-12,14,16,20-22,30H,5,13H2,1-4H3,(H,28,32)/t16-,20+,21+,22-,24+,37?/m0/s1. The van der Waals surface area contributed by atoms with Gasteiger partial charge in [-0.1, -0.05) is 18.2 Å². The molecule has 200 valence electrons. The van der Waals surface area contributed by atoms with Gasteiger partial charge in [0.15, 0.2) is 5.67 Å². The van der Waals surface area contributed by atoms with Crippen LogP contribution in [0.4, 0.5) is 4.39 Å². The lowest BCUT2D eigenvalue weighted by Gasteiger charge is -2.25. The van der Waals surface area contributed by atoms with Crippen molar-refractivity contribution in [3.05, 3.63) is 60.2 Å². The van der Waals surface area contributed by atoms with Crippen molar-refractivity contribution in [2.45, 2.75) is 57.7 Å². The molecule has 0 spiro atoms. The molecular formula is C24H30FN4O7P. The minimum absolute atomic E-state index is 0.132. The lowest BCUT2D eigenvalue weighted by Crippen LogP contribution is -2.40. The number of alkyl halides is 1. The van der Waals surface area contributed by atoms with E-state index in [0.29, 0.717) is 16.9 Å². The van der Waals surface area contributed by atoms with Gasteiger partial charge in [0, 0.05) is 0 Å². The number of rotatable bonds is 10. The average molecular weight is 536 g/mol. The predicted molar refractivity (Wildman–Crippen MR) is 131 cm³/mol. The van der Waals surface area contributed by atoms with Gasteiger partial charge >= 0.3 is 13.7 Å². The van der Waals surface area contributed by atoms with Crippen molar-refractivity contribution in [1.82, 2.24) is 19.7 Å². The van der Waals surface area contributed by atoms with Crippen LogP contribution in [0.5, 0.6) is 5.75 Å². The topological polar surface area (TPSA) is 134 Å². The van der Waals surface area contributed by atoms with Gasteiger partial charge in [0.1, 0.15) is 36.4 Å². The molecule has 1 aromatic carbocycles. The molecule has 2 N–H and O–H groups in total. The van der Waals surface area contributed by atoms with E-state index in [9.17, 15) is 14.5 Å². The number of esters is 1. The molecule has 3 aromatic rings. The summed E-state index contributed by atoms with van der Waals surface area (Å²) in [6, 6.07) is 10.6. The first-order valence-corrected chi connectivity index (χ1v) is 13.4. The molecule has 3 heterocycles. The van der Waals surface area contributed by atoms with Gasteiger partial charge in [0.05, 0.1) is 30.1 Å². The second-order valence-electron chi connectivity index (χ2n) is 8.85. The molecule has 1 aliphatic heterocycles. The van der Waals surface area contributed by atoms with Crippen LogP contribution in [0, 0.1) is 6.92 Å². The molecular weight excluding hydrogens is 506 g/mol. The van der Waals surface area contributed by atoms with Gasteiger partial charge in [-0.15, -0.1) is 0 Å². The third-order valence-corrected chi connectivity index (χ3v) is 7.71. The minimum Gasteiger partial charge on any atom is -0.465 e. The maximum Gasteiger partial charge on any atom is 0.459 e. The van der Waals surface area contributed by atoms with E-state index in [1.807, 2.05) is 0 Å². The van der Waals surface area contributed by atoms with E-state index < -0.39 is 50.3 Å². The number of carbonyl (C=O) groups excluding carboxylic acids is 1. The van der Waals surface area contributed by atoms with Crippen LogP contribution in [-0.4, -0.2) is 62.8 Å². The van der Waals surface area contributed by atoms with E-state index in [0.717, 1.165) is 0 Å². The number of aromatic nitrogens is 3. The van der Waals surface area contributed by atoms with E-state index in [4.69, 9.17) is 18.5 Å². The van der Waals surface area contributed by atoms with E-state index in [-0.39, 0.29) is 12.4 Å². The Hall–Kier alpha value is -2.89. The Morgan fingerprint density at radius 1 is 1.32 bits per heavy atom. The summed E-state index contributed by atoms with van der Waals surface area (Å²) < 4.78 is 53.0. The third-order valence-electron chi connectivity index (χ3n) is 6.07. The first-order chi connectivity index (χ1) is 17.6. The zero-order valence-corrected chi connectivity index (χ0v) is 21.8. The quantitative estimate of drug-likeness (QED) is 0.294. The number of nitrogens with zero attached hydrogens (tertiary/aromatic N) is 3. The van der Waals surface area contributed by atoms with Gasteiger partial charge in [-0.2, -0.15) is 10.2 Å². The Morgan fingerprint density at radius 2 is 2.05 bits per heavy atom. The number of aliphatic hydroxyl groups excluding tert-OH is 1. The first-order valence-electron chi connectivity index (χ1n) is 11.8. The molecule has 1 fully saturated rings. The summed E-state index contributed by atoms with van der Waals surface area (Å²) in [7, 11) is -4.21.